The second kappa shape index (κ2) is 11.6. The molecular formula is C23H32N4O4S. The van der Waals surface area contributed by atoms with Gasteiger partial charge in [0.1, 0.15) is 12.6 Å². The van der Waals surface area contributed by atoms with Crippen molar-refractivity contribution in [3.63, 3.8) is 0 Å². The summed E-state index contributed by atoms with van der Waals surface area (Å²) in [4.78, 5) is 27.5. The molecule has 0 radical (unpaired) electrons. The molecular weight excluding hydrogens is 428 g/mol. The van der Waals surface area contributed by atoms with Crippen LogP contribution in [0.1, 0.15) is 25.8 Å². The van der Waals surface area contributed by atoms with Gasteiger partial charge in [-0.3, -0.25) is 9.59 Å². The lowest BCUT2D eigenvalue weighted by Gasteiger charge is -2.32. The van der Waals surface area contributed by atoms with E-state index in [0.29, 0.717) is 12.2 Å². The third-order valence-electron chi connectivity index (χ3n) is 4.98. The van der Waals surface area contributed by atoms with Crippen LogP contribution in [0.15, 0.2) is 60.7 Å². The van der Waals surface area contributed by atoms with Crippen molar-refractivity contribution in [3.8, 4) is 0 Å². The van der Waals surface area contributed by atoms with Gasteiger partial charge in [-0.1, -0.05) is 55.5 Å². The number of benzene rings is 2. The predicted molar refractivity (Wildman–Crippen MR) is 126 cm³/mol. The number of rotatable bonds is 11. The van der Waals surface area contributed by atoms with Crippen LogP contribution in [0.5, 0.6) is 0 Å². The molecule has 0 bridgehead atoms. The number of para-hydroxylation sites is 1. The highest BCUT2D eigenvalue weighted by Crippen LogP contribution is 2.20. The molecule has 0 aliphatic rings. The second-order valence-corrected chi connectivity index (χ2v) is 9.67. The van der Waals surface area contributed by atoms with E-state index in [1.54, 1.807) is 37.3 Å². The van der Waals surface area contributed by atoms with E-state index in [1.165, 1.54) is 19.0 Å². The SMILES string of the molecule is CCCNC(=O)[C@@H](C)N(Cc1ccccc1)C(=O)CN(c1ccccc1)S(=O)(=O)N(C)C. The van der Waals surface area contributed by atoms with Gasteiger partial charge >= 0.3 is 10.2 Å². The fourth-order valence-corrected chi connectivity index (χ4v) is 4.13. The average Bonchev–Trinajstić information content (AvgIpc) is 2.79. The third-order valence-corrected chi connectivity index (χ3v) is 6.80. The largest absolute Gasteiger partial charge is 0.354 e. The van der Waals surface area contributed by atoms with Crippen molar-refractivity contribution in [3.05, 3.63) is 66.2 Å². The first-order chi connectivity index (χ1) is 15.2. The monoisotopic (exact) mass is 460 g/mol. The van der Waals surface area contributed by atoms with Gasteiger partial charge in [0.25, 0.3) is 0 Å². The van der Waals surface area contributed by atoms with Gasteiger partial charge in [-0.05, 0) is 31.0 Å². The summed E-state index contributed by atoms with van der Waals surface area (Å²) in [5.74, 6) is -0.750. The molecule has 8 nitrogen and oxygen atoms in total. The minimum atomic E-state index is -3.93. The quantitative estimate of drug-likeness (QED) is 0.557. The number of nitrogens with zero attached hydrogens (tertiary/aromatic N) is 3. The van der Waals surface area contributed by atoms with Crippen molar-refractivity contribution in [2.45, 2.75) is 32.9 Å². The zero-order valence-electron chi connectivity index (χ0n) is 19.1. The molecule has 0 heterocycles. The van der Waals surface area contributed by atoms with Crippen molar-refractivity contribution in [2.24, 2.45) is 0 Å². The molecule has 9 heteroatoms. The zero-order chi connectivity index (χ0) is 23.7. The van der Waals surface area contributed by atoms with Crippen LogP contribution in [-0.4, -0.2) is 62.7 Å². The van der Waals surface area contributed by atoms with Gasteiger partial charge in [0, 0.05) is 27.2 Å². The van der Waals surface area contributed by atoms with Gasteiger partial charge in [0.15, 0.2) is 0 Å². The number of amides is 2. The number of hydrogen-bond donors (Lipinski definition) is 1. The van der Waals surface area contributed by atoms with Crippen LogP contribution in [0.4, 0.5) is 5.69 Å². The summed E-state index contributed by atoms with van der Waals surface area (Å²) in [7, 11) is -1.11. The van der Waals surface area contributed by atoms with Gasteiger partial charge in [-0.15, -0.1) is 0 Å². The van der Waals surface area contributed by atoms with Crippen LogP contribution in [-0.2, 0) is 26.3 Å². The van der Waals surface area contributed by atoms with Gasteiger partial charge in [0.2, 0.25) is 11.8 Å². The minimum Gasteiger partial charge on any atom is -0.354 e. The Morgan fingerprint density at radius 1 is 0.969 bits per heavy atom. The smallest absolute Gasteiger partial charge is 0.304 e. The molecule has 0 saturated heterocycles. The molecule has 2 aromatic carbocycles. The van der Waals surface area contributed by atoms with Crippen LogP contribution in [0.3, 0.4) is 0 Å². The lowest BCUT2D eigenvalue weighted by atomic mass is 10.1. The zero-order valence-corrected chi connectivity index (χ0v) is 19.9. The molecule has 32 heavy (non-hydrogen) atoms. The number of hydrogen-bond acceptors (Lipinski definition) is 4. The summed E-state index contributed by atoms with van der Waals surface area (Å²) in [5.41, 5.74) is 1.22. The number of anilines is 1. The molecule has 0 aromatic heterocycles. The fourth-order valence-electron chi connectivity index (χ4n) is 3.07. The lowest BCUT2D eigenvalue weighted by Crippen LogP contribution is -2.52. The van der Waals surface area contributed by atoms with Crippen molar-refractivity contribution in [1.82, 2.24) is 14.5 Å². The highest BCUT2D eigenvalue weighted by molar-refractivity contribution is 7.90. The maximum Gasteiger partial charge on any atom is 0.304 e. The first-order valence-corrected chi connectivity index (χ1v) is 11.9. The van der Waals surface area contributed by atoms with Crippen LogP contribution < -0.4 is 9.62 Å². The normalized spacial score (nSPS) is 12.3. The Kier molecular flexibility index (Phi) is 9.22. The lowest BCUT2D eigenvalue weighted by molar-refractivity contribution is -0.139. The van der Waals surface area contributed by atoms with Gasteiger partial charge < -0.3 is 10.2 Å². The molecule has 0 aliphatic heterocycles. The maximum absolute atomic E-state index is 13.4. The Morgan fingerprint density at radius 3 is 2.06 bits per heavy atom. The molecule has 0 aliphatic carbocycles. The summed E-state index contributed by atoms with van der Waals surface area (Å²) in [6.07, 6.45) is 0.772. The van der Waals surface area contributed by atoms with E-state index in [0.717, 1.165) is 20.6 Å². The summed E-state index contributed by atoms with van der Waals surface area (Å²) in [6.45, 7) is 3.86. The first kappa shape index (κ1) is 25.4. The maximum atomic E-state index is 13.4. The Balaban J connectivity index is 2.38. The third kappa shape index (κ3) is 6.54. The van der Waals surface area contributed by atoms with E-state index in [-0.39, 0.29) is 12.5 Å². The minimum absolute atomic E-state index is 0.186. The number of nitrogens with one attached hydrogen (secondary N) is 1. The van der Waals surface area contributed by atoms with Crippen LogP contribution >= 0.6 is 0 Å². The van der Waals surface area contributed by atoms with E-state index in [2.05, 4.69) is 5.32 Å². The van der Waals surface area contributed by atoms with Crippen molar-refractivity contribution in [2.75, 3.05) is 31.5 Å². The Morgan fingerprint density at radius 2 is 1.53 bits per heavy atom. The number of carbonyl (C=O) groups excluding carboxylic acids is 2. The summed E-state index contributed by atoms with van der Waals surface area (Å²) in [6, 6.07) is 17.0. The van der Waals surface area contributed by atoms with E-state index >= 15 is 0 Å². The Bertz CT molecular complexity index is 982. The van der Waals surface area contributed by atoms with Crippen molar-refractivity contribution >= 4 is 27.7 Å². The van der Waals surface area contributed by atoms with E-state index in [9.17, 15) is 18.0 Å². The summed E-state index contributed by atoms with van der Waals surface area (Å²) < 4.78 is 28.1. The van der Waals surface area contributed by atoms with Gasteiger partial charge in [-0.2, -0.15) is 12.7 Å². The molecule has 174 valence electrons. The summed E-state index contributed by atoms with van der Waals surface area (Å²) >= 11 is 0. The van der Waals surface area contributed by atoms with Gasteiger partial charge in [-0.25, -0.2) is 4.31 Å². The molecule has 2 rings (SSSR count). The number of carbonyl (C=O) groups is 2. The highest BCUT2D eigenvalue weighted by atomic mass is 32.2. The average molecular weight is 461 g/mol. The molecule has 1 N–H and O–H groups in total. The highest BCUT2D eigenvalue weighted by Gasteiger charge is 2.32. The van der Waals surface area contributed by atoms with E-state index in [4.69, 9.17) is 0 Å². The topological polar surface area (TPSA) is 90.0 Å². The molecule has 1 atom stereocenters. The van der Waals surface area contributed by atoms with E-state index < -0.39 is 28.7 Å². The van der Waals surface area contributed by atoms with Crippen LogP contribution in [0, 0.1) is 0 Å². The van der Waals surface area contributed by atoms with Crippen molar-refractivity contribution in [1.29, 1.82) is 0 Å². The second-order valence-electron chi connectivity index (χ2n) is 7.61. The Hall–Kier alpha value is -2.91. The van der Waals surface area contributed by atoms with Crippen molar-refractivity contribution < 1.29 is 18.0 Å². The molecule has 2 amide bonds. The standard InChI is InChI=1S/C23H32N4O4S/c1-5-16-24-23(29)19(2)26(17-20-12-8-6-9-13-20)22(28)18-27(32(30,31)25(3)4)21-14-10-7-11-15-21/h6-15,19H,5,16-18H2,1-4H3,(H,24,29)/t19-/m1/s1. The summed E-state index contributed by atoms with van der Waals surface area (Å²) in [5, 5.41) is 2.81. The molecule has 2 aromatic rings. The first-order valence-electron chi connectivity index (χ1n) is 10.5. The van der Waals surface area contributed by atoms with Gasteiger partial charge in [0.05, 0.1) is 5.69 Å². The predicted octanol–water partition coefficient (Wildman–Crippen LogP) is 2.24. The molecule has 0 unspecified atom stereocenters. The molecule has 0 saturated carbocycles. The molecule has 0 fully saturated rings. The molecule has 0 spiro atoms. The fraction of sp³-hybridized carbons (Fsp3) is 0.391. The van der Waals surface area contributed by atoms with E-state index in [1.807, 2.05) is 37.3 Å². The van der Waals surface area contributed by atoms with Crippen LogP contribution in [0.2, 0.25) is 0 Å². The Labute approximate surface area is 191 Å². The van der Waals surface area contributed by atoms with Crippen LogP contribution in [0.25, 0.3) is 0 Å².